The minimum absolute atomic E-state index is 0.0332. The Hall–Kier alpha value is -2.10. The third-order valence-electron chi connectivity index (χ3n) is 11.7. The van der Waals surface area contributed by atoms with Crippen LogP contribution in [0.25, 0.3) is 0 Å². The zero-order valence-corrected chi connectivity index (χ0v) is 40.6. The zero-order valence-electron chi connectivity index (χ0n) is 40.6. The molecule has 0 radical (unpaired) electrons. The monoisotopic (exact) mass is 969 g/mol. The molecule has 8 unspecified atom stereocenters. The third-order valence-corrected chi connectivity index (χ3v) is 11.7. The Labute approximate surface area is 399 Å². The lowest BCUT2D eigenvalue weighted by Gasteiger charge is -2.35. The van der Waals surface area contributed by atoms with Gasteiger partial charge in [0, 0.05) is 0 Å². The maximum atomic E-state index is 10.2. The molecule has 0 spiro atoms. The molecule has 0 amide bonds. The van der Waals surface area contributed by atoms with Crippen molar-refractivity contribution in [1.82, 2.24) is 0 Å². The number of hydrogen-bond donors (Lipinski definition) is 11. The molecule has 0 aromatic rings. The van der Waals surface area contributed by atoms with Gasteiger partial charge in [-0.2, -0.15) is 19.2 Å². The highest BCUT2D eigenvalue weighted by Gasteiger charge is 2.40. The van der Waals surface area contributed by atoms with E-state index in [0.29, 0.717) is 6.42 Å². The normalized spacial score (nSPS) is 24.9. The fourth-order valence-corrected chi connectivity index (χ4v) is 7.42. The lowest BCUT2D eigenvalue weighted by Crippen LogP contribution is -2.55. The second kappa shape index (κ2) is 46.3. The first-order valence-electron chi connectivity index (χ1n) is 24.9. The van der Waals surface area contributed by atoms with Gasteiger partial charge in [0.15, 0.2) is 12.6 Å². The molecule has 2 rings (SSSR count). The molecule has 13 atom stereocenters. The predicted molar refractivity (Wildman–Crippen MR) is 247 cm³/mol. The average molecular weight is 969 g/mol. The third kappa shape index (κ3) is 35.6. The van der Waals surface area contributed by atoms with Crippen LogP contribution in [-0.4, -0.2) is 164 Å². The summed E-state index contributed by atoms with van der Waals surface area (Å²) in [6.07, 6.45) is 21.8. The molecule has 19 heteroatoms. The molecule has 0 saturated carbocycles. The number of aliphatic hydroxyl groups is 9. The minimum Gasteiger partial charge on any atom is -0.390 e. The molecule has 2 aliphatic rings. The van der Waals surface area contributed by atoms with Crippen LogP contribution in [0.1, 0.15) is 174 Å². The Bertz CT molecular complexity index is 1180. The van der Waals surface area contributed by atoms with Gasteiger partial charge in [0.25, 0.3) is 0 Å². The van der Waals surface area contributed by atoms with Crippen LogP contribution in [0.15, 0.2) is 12.2 Å². The molecule has 19 nitrogen and oxygen atoms in total. The largest absolute Gasteiger partial charge is 0.390 e. The van der Waals surface area contributed by atoms with Gasteiger partial charge in [-0.3, -0.25) is 0 Å². The van der Waals surface area contributed by atoms with Gasteiger partial charge >= 0.3 is 12.3 Å². The van der Waals surface area contributed by atoms with Crippen LogP contribution in [0, 0.1) is 0 Å². The summed E-state index contributed by atoms with van der Waals surface area (Å²) in [7, 11) is 0. The first-order valence-corrected chi connectivity index (χ1v) is 24.9. The standard InChI is InChI=1S/C23H47NO7.C23H45NO6.2CO2/c1-2-3-4-5-6-7-8-9-10-11-12-13-14-18(25)20(27)17(24)15-30-23-22(29)21(28)19(26)16-31-23;1-2-3-4-5-6-7-8-9-10-11-12-13-14-15-19(25)18(24)16-29-23-22(28)21(27)20(26)17-30-23;2*2-1-3/h17-23,25-29H,2-16,24H2,1H3;14-15,18-23,25-28H,2-13,16-17,24H2,1H3;;/b;15-14+;;/t17-,18+,19?,20-,21?,22?,23?;18-,19+,20?,21?,22?,23?;;/m00../s1. The van der Waals surface area contributed by atoms with E-state index in [1.807, 2.05) is 6.08 Å². The molecule has 13 N–H and O–H groups in total. The van der Waals surface area contributed by atoms with Crippen molar-refractivity contribution >= 4 is 12.3 Å². The zero-order chi connectivity index (χ0) is 50.7. The summed E-state index contributed by atoms with van der Waals surface area (Å²) in [6, 6.07) is -1.52. The van der Waals surface area contributed by atoms with Crippen molar-refractivity contribution in [3.05, 3.63) is 12.2 Å². The highest BCUT2D eigenvalue weighted by molar-refractivity contribution is 5.20. The number of ether oxygens (including phenoxy) is 4. The second-order valence-corrected chi connectivity index (χ2v) is 17.6. The molecule has 396 valence electrons. The topological polar surface area (TPSA) is 339 Å². The summed E-state index contributed by atoms with van der Waals surface area (Å²) in [6.45, 7) is 4.01. The Morgan fingerprint density at radius 3 is 1.22 bits per heavy atom. The van der Waals surface area contributed by atoms with E-state index in [-0.39, 0.29) is 38.7 Å². The lowest BCUT2D eigenvalue weighted by atomic mass is 10.00. The van der Waals surface area contributed by atoms with E-state index in [2.05, 4.69) is 13.8 Å². The van der Waals surface area contributed by atoms with Gasteiger partial charge in [0.2, 0.25) is 0 Å². The van der Waals surface area contributed by atoms with Gasteiger partial charge in [0.1, 0.15) is 36.6 Å². The summed E-state index contributed by atoms with van der Waals surface area (Å²) in [5.41, 5.74) is 11.8. The van der Waals surface area contributed by atoms with Gasteiger partial charge in [-0.1, -0.05) is 167 Å². The van der Waals surface area contributed by atoms with Crippen molar-refractivity contribution in [2.75, 3.05) is 26.4 Å². The maximum Gasteiger partial charge on any atom is 0.373 e. The van der Waals surface area contributed by atoms with E-state index in [1.54, 1.807) is 6.08 Å². The first-order chi connectivity index (χ1) is 32.2. The smallest absolute Gasteiger partial charge is 0.373 e. The molecule has 0 bridgehead atoms. The van der Waals surface area contributed by atoms with Gasteiger partial charge in [-0.15, -0.1) is 0 Å². The van der Waals surface area contributed by atoms with Gasteiger partial charge in [-0.05, 0) is 19.3 Å². The first kappa shape index (κ1) is 67.0. The number of rotatable bonds is 35. The summed E-state index contributed by atoms with van der Waals surface area (Å²) >= 11 is 0. The van der Waals surface area contributed by atoms with E-state index >= 15 is 0 Å². The molecule has 2 fully saturated rings. The summed E-state index contributed by atoms with van der Waals surface area (Å²) in [4.78, 5) is 32.5. The predicted octanol–water partition coefficient (Wildman–Crippen LogP) is 2.80. The van der Waals surface area contributed by atoms with Crippen LogP contribution in [0.4, 0.5) is 0 Å². The van der Waals surface area contributed by atoms with Crippen molar-refractivity contribution < 1.29 is 84.1 Å². The van der Waals surface area contributed by atoms with Crippen LogP contribution >= 0.6 is 0 Å². The van der Waals surface area contributed by atoms with E-state index in [1.165, 1.54) is 122 Å². The van der Waals surface area contributed by atoms with Gasteiger partial charge < -0.3 is 76.4 Å². The fraction of sp³-hybridized carbons (Fsp3) is 0.917. The quantitative estimate of drug-likeness (QED) is 0.0321. The Morgan fingerprint density at radius 1 is 0.522 bits per heavy atom. The molecular weight excluding hydrogens is 877 g/mol. The van der Waals surface area contributed by atoms with Crippen molar-refractivity contribution in [1.29, 1.82) is 0 Å². The molecular formula is C48H92N2O17. The van der Waals surface area contributed by atoms with Gasteiger partial charge in [-0.25, -0.2) is 0 Å². The Morgan fingerprint density at radius 2 is 0.851 bits per heavy atom. The molecule has 2 heterocycles. The maximum absolute atomic E-state index is 10.2. The van der Waals surface area contributed by atoms with Crippen LogP contribution < -0.4 is 11.5 Å². The molecule has 0 aromatic carbocycles. The van der Waals surface area contributed by atoms with Crippen LogP contribution in [0.3, 0.4) is 0 Å². The summed E-state index contributed by atoms with van der Waals surface area (Å²) in [5, 5.41) is 88.2. The lowest BCUT2D eigenvalue weighted by molar-refractivity contribution is -0.272. The molecule has 0 aliphatic carbocycles. The number of allylic oxidation sites excluding steroid dienone is 1. The second-order valence-electron chi connectivity index (χ2n) is 17.6. The van der Waals surface area contributed by atoms with Crippen LogP contribution in [0.5, 0.6) is 0 Å². The minimum atomic E-state index is -1.40. The number of aliphatic hydroxyl groups excluding tert-OH is 9. The number of unbranched alkanes of at least 4 members (excludes halogenated alkanes) is 22. The van der Waals surface area contributed by atoms with Crippen LogP contribution in [-0.2, 0) is 38.1 Å². The van der Waals surface area contributed by atoms with E-state index in [9.17, 15) is 46.0 Å². The van der Waals surface area contributed by atoms with E-state index in [4.69, 9.17) is 49.6 Å². The summed E-state index contributed by atoms with van der Waals surface area (Å²) < 4.78 is 21.0. The van der Waals surface area contributed by atoms with E-state index < -0.39 is 79.6 Å². The van der Waals surface area contributed by atoms with Crippen molar-refractivity contribution in [3.63, 3.8) is 0 Å². The highest BCUT2D eigenvalue weighted by atomic mass is 16.7. The molecule has 2 saturated heterocycles. The van der Waals surface area contributed by atoms with Crippen molar-refractivity contribution in [3.8, 4) is 0 Å². The van der Waals surface area contributed by atoms with Crippen molar-refractivity contribution in [2.45, 2.75) is 254 Å². The summed E-state index contributed by atoms with van der Waals surface area (Å²) in [5.74, 6) is 0. The molecule has 2 aliphatic heterocycles. The fourth-order valence-electron chi connectivity index (χ4n) is 7.42. The number of hydrogen-bond acceptors (Lipinski definition) is 19. The van der Waals surface area contributed by atoms with Gasteiger partial charge in [0.05, 0.1) is 56.8 Å². The highest BCUT2D eigenvalue weighted by Crippen LogP contribution is 2.20. The average Bonchev–Trinajstić information content (AvgIpc) is 3.31. The molecule has 0 aromatic heterocycles. The SMILES string of the molecule is CCCCCCCCCCCCC/C=C/[C@@H](O)[C@@H](N)COC1OCC(O)C(O)C1O.CCCCCCCCCCCCCC[C@@H](O)[C@@H](O)[C@@H](N)COC1OCC(O)C(O)C1O.O=C=O.O=C=O. The number of nitrogens with two attached hydrogens (primary N) is 2. The van der Waals surface area contributed by atoms with Crippen molar-refractivity contribution in [2.24, 2.45) is 11.5 Å². The Kier molecular flexibility index (Phi) is 46.3. The molecule has 67 heavy (non-hydrogen) atoms. The van der Waals surface area contributed by atoms with Crippen LogP contribution in [0.2, 0.25) is 0 Å². The number of carbonyl (C=O) groups excluding carboxylic acids is 4. The van der Waals surface area contributed by atoms with E-state index in [0.717, 1.165) is 32.1 Å². The Balaban J connectivity index is 0.